The molecule has 3 fully saturated rings. The Hall–Kier alpha value is -0.120. The summed E-state index contributed by atoms with van der Waals surface area (Å²) in [6.07, 6.45) is 11.6. The molecule has 2 unspecified atom stereocenters. The molecule has 0 bridgehead atoms. The van der Waals surface area contributed by atoms with E-state index >= 15 is 0 Å². The molecule has 1 N–H and O–H groups in total. The van der Waals surface area contributed by atoms with E-state index in [1.54, 1.807) is 0 Å². The Morgan fingerprint density at radius 1 is 1.20 bits per heavy atom. The van der Waals surface area contributed by atoms with Gasteiger partial charge in [-0.15, -0.1) is 0 Å². The predicted octanol–water partition coefficient (Wildman–Crippen LogP) is 2.80. The fourth-order valence-electron chi connectivity index (χ4n) is 4.68. The average Bonchev–Trinajstić information content (AvgIpc) is 3.09. The molecular formula is C17H32N2O. The zero-order valence-corrected chi connectivity index (χ0v) is 13.2. The van der Waals surface area contributed by atoms with E-state index in [-0.39, 0.29) is 0 Å². The molecule has 3 aliphatic rings. The lowest BCUT2D eigenvalue weighted by Gasteiger charge is -2.43. The van der Waals surface area contributed by atoms with Gasteiger partial charge in [-0.2, -0.15) is 0 Å². The number of morpholine rings is 1. The number of fused-ring (bicyclic) bond motifs is 1. The SMILES string of the molecule is CCCNCC1(CN2CCOC3CCCC32)CCCC1. The average molecular weight is 280 g/mol. The lowest BCUT2D eigenvalue weighted by molar-refractivity contribution is -0.0682. The van der Waals surface area contributed by atoms with Gasteiger partial charge in [0.2, 0.25) is 0 Å². The minimum atomic E-state index is 0.547. The third-order valence-corrected chi connectivity index (χ3v) is 5.73. The zero-order chi connectivity index (χ0) is 13.8. The molecule has 3 heteroatoms. The van der Waals surface area contributed by atoms with Crippen molar-refractivity contribution in [2.24, 2.45) is 5.41 Å². The first-order valence-corrected chi connectivity index (χ1v) is 8.89. The first-order valence-electron chi connectivity index (χ1n) is 8.89. The Balaban J connectivity index is 1.60. The van der Waals surface area contributed by atoms with Crippen molar-refractivity contribution in [3.8, 4) is 0 Å². The zero-order valence-electron chi connectivity index (χ0n) is 13.2. The van der Waals surface area contributed by atoms with E-state index in [2.05, 4.69) is 17.1 Å². The highest BCUT2D eigenvalue weighted by Crippen LogP contribution is 2.40. The second kappa shape index (κ2) is 6.76. The van der Waals surface area contributed by atoms with Crippen molar-refractivity contribution in [2.75, 3.05) is 32.8 Å². The highest BCUT2D eigenvalue weighted by Gasteiger charge is 2.41. The number of nitrogens with zero attached hydrogens (tertiary/aromatic N) is 1. The lowest BCUT2D eigenvalue weighted by Crippen LogP contribution is -2.53. The van der Waals surface area contributed by atoms with E-state index in [9.17, 15) is 0 Å². The summed E-state index contributed by atoms with van der Waals surface area (Å²) in [5, 5.41) is 3.71. The van der Waals surface area contributed by atoms with Crippen molar-refractivity contribution in [1.29, 1.82) is 0 Å². The molecule has 0 spiro atoms. The maximum Gasteiger partial charge on any atom is 0.0730 e. The van der Waals surface area contributed by atoms with Crippen LogP contribution < -0.4 is 5.32 Å². The van der Waals surface area contributed by atoms with Crippen LogP contribution in [0.1, 0.15) is 58.3 Å². The summed E-state index contributed by atoms with van der Waals surface area (Å²) in [6, 6.07) is 0.729. The summed E-state index contributed by atoms with van der Waals surface area (Å²) in [5.41, 5.74) is 0.555. The maximum absolute atomic E-state index is 5.97. The summed E-state index contributed by atoms with van der Waals surface area (Å²) in [6.45, 7) is 8.11. The van der Waals surface area contributed by atoms with Crippen LogP contribution in [0, 0.1) is 5.41 Å². The smallest absolute Gasteiger partial charge is 0.0730 e. The number of rotatable bonds is 6. The molecule has 3 nitrogen and oxygen atoms in total. The van der Waals surface area contributed by atoms with Crippen molar-refractivity contribution in [3.63, 3.8) is 0 Å². The Morgan fingerprint density at radius 2 is 2.05 bits per heavy atom. The third-order valence-electron chi connectivity index (χ3n) is 5.73. The van der Waals surface area contributed by atoms with Crippen LogP contribution in [0.5, 0.6) is 0 Å². The predicted molar refractivity (Wildman–Crippen MR) is 83.0 cm³/mol. The Bertz CT molecular complexity index is 301. The van der Waals surface area contributed by atoms with Gasteiger partial charge in [0.25, 0.3) is 0 Å². The topological polar surface area (TPSA) is 24.5 Å². The van der Waals surface area contributed by atoms with Crippen LogP contribution in [0.15, 0.2) is 0 Å². The van der Waals surface area contributed by atoms with Crippen LogP contribution in [-0.4, -0.2) is 49.8 Å². The molecule has 0 aromatic carbocycles. The lowest BCUT2D eigenvalue weighted by atomic mass is 9.84. The molecule has 0 aromatic heterocycles. The second-order valence-corrected chi connectivity index (χ2v) is 7.26. The van der Waals surface area contributed by atoms with Gasteiger partial charge in [-0.1, -0.05) is 19.8 Å². The van der Waals surface area contributed by atoms with Crippen LogP contribution in [-0.2, 0) is 4.74 Å². The van der Waals surface area contributed by atoms with E-state index in [0.29, 0.717) is 11.5 Å². The molecule has 20 heavy (non-hydrogen) atoms. The third kappa shape index (κ3) is 3.20. The highest BCUT2D eigenvalue weighted by molar-refractivity contribution is 4.95. The quantitative estimate of drug-likeness (QED) is 0.757. The van der Waals surface area contributed by atoms with Gasteiger partial charge in [-0.05, 0) is 50.5 Å². The molecule has 1 saturated heterocycles. The van der Waals surface area contributed by atoms with Gasteiger partial charge >= 0.3 is 0 Å². The summed E-state index contributed by atoms with van der Waals surface area (Å²) >= 11 is 0. The van der Waals surface area contributed by atoms with Gasteiger partial charge in [-0.3, -0.25) is 4.90 Å². The molecule has 1 heterocycles. The van der Waals surface area contributed by atoms with E-state index in [0.717, 1.165) is 19.2 Å². The van der Waals surface area contributed by atoms with Crippen molar-refractivity contribution in [2.45, 2.75) is 70.4 Å². The molecule has 116 valence electrons. The maximum atomic E-state index is 5.97. The molecule has 2 aliphatic carbocycles. The van der Waals surface area contributed by atoms with Crippen molar-refractivity contribution >= 4 is 0 Å². The van der Waals surface area contributed by atoms with Crippen LogP contribution >= 0.6 is 0 Å². The van der Waals surface area contributed by atoms with E-state index < -0.39 is 0 Å². The molecule has 2 saturated carbocycles. The first-order chi connectivity index (χ1) is 9.83. The summed E-state index contributed by atoms with van der Waals surface area (Å²) in [7, 11) is 0. The van der Waals surface area contributed by atoms with Crippen LogP contribution in [0.25, 0.3) is 0 Å². The Morgan fingerprint density at radius 3 is 2.85 bits per heavy atom. The van der Waals surface area contributed by atoms with Crippen LogP contribution in [0.4, 0.5) is 0 Å². The second-order valence-electron chi connectivity index (χ2n) is 7.26. The van der Waals surface area contributed by atoms with Crippen molar-refractivity contribution < 1.29 is 4.74 Å². The van der Waals surface area contributed by atoms with Crippen LogP contribution in [0.3, 0.4) is 0 Å². The normalized spacial score (nSPS) is 33.5. The number of ether oxygens (including phenoxy) is 1. The number of nitrogens with one attached hydrogen (secondary N) is 1. The summed E-state index contributed by atoms with van der Waals surface area (Å²) in [5.74, 6) is 0. The Kier molecular flexibility index (Phi) is 5.00. The van der Waals surface area contributed by atoms with Gasteiger partial charge in [0.1, 0.15) is 0 Å². The molecule has 0 amide bonds. The van der Waals surface area contributed by atoms with Gasteiger partial charge in [0, 0.05) is 25.7 Å². The largest absolute Gasteiger partial charge is 0.375 e. The van der Waals surface area contributed by atoms with E-state index in [1.165, 1.54) is 71.0 Å². The van der Waals surface area contributed by atoms with Gasteiger partial charge in [0.05, 0.1) is 12.7 Å². The minimum absolute atomic E-state index is 0.547. The fourth-order valence-corrected chi connectivity index (χ4v) is 4.68. The standard InChI is InChI=1S/C17H32N2O/c1-2-10-18-13-17(8-3-4-9-17)14-19-11-12-20-16-7-5-6-15(16)19/h15-16,18H,2-14H2,1H3. The molecule has 2 atom stereocenters. The highest BCUT2D eigenvalue weighted by atomic mass is 16.5. The van der Waals surface area contributed by atoms with Gasteiger partial charge in [0.15, 0.2) is 0 Å². The molecule has 0 aromatic rings. The van der Waals surface area contributed by atoms with E-state index in [4.69, 9.17) is 4.74 Å². The fraction of sp³-hybridized carbons (Fsp3) is 1.00. The molecular weight excluding hydrogens is 248 g/mol. The van der Waals surface area contributed by atoms with Crippen LogP contribution in [0.2, 0.25) is 0 Å². The first kappa shape index (κ1) is 14.8. The number of hydrogen-bond donors (Lipinski definition) is 1. The molecule has 0 radical (unpaired) electrons. The van der Waals surface area contributed by atoms with Crippen molar-refractivity contribution in [3.05, 3.63) is 0 Å². The van der Waals surface area contributed by atoms with E-state index in [1.807, 2.05) is 0 Å². The molecule has 3 rings (SSSR count). The monoisotopic (exact) mass is 280 g/mol. The van der Waals surface area contributed by atoms with Crippen molar-refractivity contribution in [1.82, 2.24) is 10.2 Å². The minimum Gasteiger partial charge on any atom is -0.375 e. The Labute approximate surface area is 124 Å². The van der Waals surface area contributed by atoms with Gasteiger partial charge < -0.3 is 10.1 Å². The van der Waals surface area contributed by atoms with Gasteiger partial charge in [-0.25, -0.2) is 0 Å². The summed E-state index contributed by atoms with van der Waals surface area (Å²) in [4.78, 5) is 2.79. The molecule has 1 aliphatic heterocycles. The number of hydrogen-bond acceptors (Lipinski definition) is 3. The summed E-state index contributed by atoms with van der Waals surface area (Å²) < 4.78 is 5.97.